The van der Waals surface area contributed by atoms with Crippen LogP contribution in [0.5, 0.6) is 0 Å². The molecule has 0 aliphatic rings. The van der Waals surface area contributed by atoms with Gasteiger partial charge >= 0.3 is 0 Å². The van der Waals surface area contributed by atoms with Crippen molar-refractivity contribution in [3.8, 4) is 28.1 Å². The SMILES string of the molecule is c1ccc(-c2ccc(-c3cc(-n4c5ccccc5c5c6oc7ccccc7c6ccc54)nc4ccccc34)cc2)cc1. The van der Waals surface area contributed by atoms with Crippen LogP contribution in [-0.2, 0) is 0 Å². The van der Waals surface area contributed by atoms with E-state index >= 15 is 0 Å². The van der Waals surface area contributed by atoms with E-state index in [1.54, 1.807) is 0 Å². The third-order valence-corrected chi connectivity index (χ3v) is 8.41. The minimum atomic E-state index is 0.887. The molecular formula is C39H24N2O. The Balaban J connectivity index is 1.32. The van der Waals surface area contributed by atoms with Crippen LogP contribution in [0, 0.1) is 0 Å². The summed E-state index contributed by atoms with van der Waals surface area (Å²) in [6, 6.07) is 51.2. The van der Waals surface area contributed by atoms with Crippen LogP contribution in [0.1, 0.15) is 0 Å². The highest BCUT2D eigenvalue weighted by molar-refractivity contribution is 6.23. The number of para-hydroxylation sites is 3. The van der Waals surface area contributed by atoms with E-state index in [9.17, 15) is 0 Å². The summed E-state index contributed by atoms with van der Waals surface area (Å²) in [4.78, 5) is 5.22. The lowest BCUT2D eigenvalue weighted by molar-refractivity contribution is 0.673. The van der Waals surface area contributed by atoms with Gasteiger partial charge in [0.1, 0.15) is 17.0 Å². The maximum atomic E-state index is 6.50. The molecule has 0 atom stereocenters. The van der Waals surface area contributed by atoms with Gasteiger partial charge in [-0.15, -0.1) is 0 Å². The average molecular weight is 537 g/mol. The molecule has 0 radical (unpaired) electrons. The van der Waals surface area contributed by atoms with E-state index < -0.39 is 0 Å². The highest BCUT2D eigenvalue weighted by Gasteiger charge is 2.20. The van der Waals surface area contributed by atoms with E-state index in [-0.39, 0.29) is 0 Å². The Kier molecular flexibility index (Phi) is 4.90. The number of nitrogens with zero attached hydrogens (tertiary/aromatic N) is 2. The molecule has 0 spiro atoms. The highest BCUT2D eigenvalue weighted by atomic mass is 16.3. The van der Waals surface area contributed by atoms with Gasteiger partial charge in [-0.25, -0.2) is 4.98 Å². The van der Waals surface area contributed by atoms with Crippen molar-refractivity contribution in [2.45, 2.75) is 0 Å². The molecule has 0 saturated carbocycles. The average Bonchev–Trinajstić information content (AvgIpc) is 3.60. The highest BCUT2D eigenvalue weighted by Crippen LogP contribution is 2.41. The fourth-order valence-corrected chi connectivity index (χ4v) is 6.47. The van der Waals surface area contributed by atoms with Crippen molar-refractivity contribution in [1.82, 2.24) is 9.55 Å². The summed E-state index contributed by atoms with van der Waals surface area (Å²) < 4.78 is 8.78. The van der Waals surface area contributed by atoms with Gasteiger partial charge in [-0.3, -0.25) is 4.57 Å². The van der Waals surface area contributed by atoms with Crippen molar-refractivity contribution < 1.29 is 4.42 Å². The molecule has 3 heteroatoms. The Morgan fingerprint density at radius 3 is 2.00 bits per heavy atom. The summed E-state index contributed by atoms with van der Waals surface area (Å²) in [6.07, 6.45) is 0. The number of fused-ring (bicyclic) bond motifs is 8. The predicted octanol–water partition coefficient (Wildman–Crippen LogP) is 10.6. The Labute approximate surface area is 241 Å². The van der Waals surface area contributed by atoms with Crippen LogP contribution in [0.15, 0.2) is 150 Å². The van der Waals surface area contributed by atoms with Gasteiger partial charge in [0.05, 0.1) is 21.9 Å². The molecular weight excluding hydrogens is 512 g/mol. The zero-order valence-electron chi connectivity index (χ0n) is 22.7. The molecule has 0 aliphatic carbocycles. The number of pyridine rings is 1. The van der Waals surface area contributed by atoms with Crippen molar-refractivity contribution in [1.29, 1.82) is 0 Å². The largest absolute Gasteiger partial charge is 0.455 e. The van der Waals surface area contributed by atoms with Gasteiger partial charge in [-0.05, 0) is 58.7 Å². The molecule has 9 rings (SSSR count). The zero-order valence-corrected chi connectivity index (χ0v) is 22.7. The van der Waals surface area contributed by atoms with Crippen LogP contribution in [0.2, 0.25) is 0 Å². The number of rotatable bonds is 3. The topological polar surface area (TPSA) is 31.0 Å². The predicted molar refractivity (Wildman–Crippen MR) is 174 cm³/mol. The number of furan rings is 1. The molecule has 42 heavy (non-hydrogen) atoms. The maximum Gasteiger partial charge on any atom is 0.145 e. The maximum absolute atomic E-state index is 6.50. The Hall–Kier alpha value is -5.67. The first-order valence-electron chi connectivity index (χ1n) is 14.2. The summed E-state index contributed by atoms with van der Waals surface area (Å²) in [7, 11) is 0. The second-order valence-electron chi connectivity index (χ2n) is 10.8. The molecule has 9 aromatic rings. The Bertz CT molecular complexity index is 2450. The van der Waals surface area contributed by atoms with Crippen LogP contribution >= 0.6 is 0 Å². The number of hydrogen-bond donors (Lipinski definition) is 0. The van der Waals surface area contributed by atoms with Crippen LogP contribution in [0.4, 0.5) is 0 Å². The lowest BCUT2D eigenvalue weighted by Crippen LogP contribution is -1.99. The van der Waals surface area contributed by atoms with Crippen molar-refractivity contribution in [2.24, 2.45) is 0 Å². The van der Waals surface area contributed by atoms with Gasteiger partial charge in [0.15, 0.2) is 0 Å². The minimum Gasteiger partial charge on any atom is -0.455 e. The van der Waals surface area contributed by atoms with E-state index in [1.807, 2.05) is 12.1 Å². The standard InChI is InChI=1S/C39H24N2O/c1-2-10-25(11-3-1)26-18-20-27(21-19-26)32-24-37(40-33-15-7-4-12-28(32)33)41-34-16-8-5-14-31(34)38-35(41)23-22-30-29-13-6-9-17-36(29)42-39(30)38/h1-24H. The molecule has 196 valence electrons. The molecule has 3 heterocycles. The first kappa shape index (κ1) is 23.1. The van der Waals surface area contributed by atoms with Crippen LogP contribution < -0.4 is 0 Å². The van der Waals surface area contributed by atoms with Gasteiger partial charge in [-0.2, -0.15) is 0 Å². The molecule has 3 aromatic heterocycles. The lowest BCUT2D eigenvalue weighted by atomic mass is 9.98. The van der Waals surface area contributed by atoms with Crippen LogP contribution in [-0.4, -0.2) is 9.55 Å². The van der Waals surface area contributed by atoms with Crippen molar-refractivity contribution in [3.05, 3.63) is 146 Å². The summed E-state index contributed by atoms with van der Waals surface area (Å²) in [5, 5.41) is 5.67. The Morgan fingerprint density at radius 2 is 1.14 bits per heavy atom. The molecule has 0 saturated heterocycles. The molecule has 0 unspecified atom stereocenters. The molecule has 0 N–H and O–H groups in total. The van der Waals surface area contributed by atoms with Gasteiger partial charge in [-0.1, -0.05) is 109 Å². The lowest BCUT2D eigenvalue weighted by Gasteiger charge is -2.13. The minimum absolute atomic E-state index is 0.887. The second kappa shape index (κ2) is 8.92. The van der Waals surface area contributed by atoms with Crippen molar-refractivity contribution in [3.63, 3.8) is 0 Å². The number of benzene rings is 6. The Morgan fingerprint density at radius 1 is 0.476 bits per heavy atom. The zero-order chi connectivity index (χ0) is 27.6. The van der Waals surface area contributed by atoms with E-state index in [2.05, 4.69) is 138 Å². The molecule has 0 fully saturated rings. The van der Waals surface area contributed by atoms with E-state index in [0.717, 1.165) is 71.6 Å². The van der Waals surface area contributed by atoms with E-state index in [4.69, 9.17) is 9.40 Å². The van der Waals surface area contributed by atoms with E-state index in [1.165, 1.54) is 11.1 Å². The first-order chi connectivity index (χ1) is 20.8. The number of hydrogen-bond acceptors (Lipinski definition) is 2. The van der Waals surface area contributed by atoms with Gasteiger partial charge < -0.3 is 4.42 Å². The molecule has 0 aliphatic heterocycles. The quantitative estimate of drug-likeness (QED) is 0.225. The molecule has 6 aromatic carbocycles. The number of aromatic nitrogens is 2. The van der Waals surface area contributed by atoms with Crippen LogP contribution in [0.25, 0.3) is 82.7 Å². The fourth-order valence-electron chi connectivity index (χ4n) is 6.47. The first-order valence-corrected chi connectivity index (χ1v) is 14.2. The summed E-state index contributed by atoms with van der Waals surface area (Å²) in [6.45, 7) is 0. The smallest absolute Gasteiger partial charge is 0.145 e. The van der Waals surface area contributed by atoms with Gasteiger partial charge in [0, 0.05) is 21.5 Å². The van der Waals surface area contributed by atoms with Crippen molar-refractivity contribution >= 4 is 54.6 Å². The fraction of sp³-hybridized carbons (Fsp3) is 0. The molecule has 3 nitrogen and oxygen atoms in total. The third-order valence-electron chi connectivity index (χ3n) is 8.41. The van der Waals surface area contributed by atoms with Crippen LogP contribution in [0.3, 0.4) is 0 Å². The van der Waals surface area contributed by atoms with E-state index in [0.29, 0.717) is 0 Å². The third kappa shape index (κ3) is 3.37. The summed E-state index contributed by atoms with van der Waals surface area (Å²) >= 11 is 0. The van der Waals surface area contributed by atoms with Gasteiger partial charge in [0.2, 0.25) is 0 Å². The monoisotopic (exact) mass is 536 g/mol. The molecule has 0 bridgehead atoms. The van der Waals surface area contributed by atoms with Crippen molar-refractivity contribution in [2.75, 3.05) is 0 Å². The normalized spacial score (nSPS) is 11.8. The van der Waals surface area contributed by atoms with Gasteiger partial charge in [0.25, 0.3) is 0 Å². The summed E-state index contributed by atoms with van der Waals surface area (Å²) in [5.74, 6) is 0.887. The molecule has 0 amide bonds. The summed E-state index contributed by atoms with van der Waals surface area (Å²) in [5.41, 5.74) is 9.71. The second-order valence-corrected chi connectivity index (χ2v) is 10.8.